The number of nitrogens with one attached hydrogen (secondary N) is 1. The van der Waals surface area contributed by atoms with Crippen LogP contribution in [0.1, 0.15) is 38.5 Å². The fraction of sp³-hybridized carbons (Fsp3) is 0.579. The first-order valence-corrected chi connectivity index (χ1v) is 10.9. The average molecular weight is 394 g/mol. The molecule has 0 atom stereocenters. The van der Waals surface area contributed by atoms with Gasteiger partial charge < -0.3 is 10.4 Å². The summed E-state index contributed by atoms with van der Waals surface area (Å²) in [6.07, 6.45) is 3.59. The van der Waals surface area contributed by atoms with Gasteiger partial charge in [0.25, 0.3) is 0 Å². The van der Waals surface area contributed by atoms with E-state index in [9.17, 15) is 23.1 Å². The van der Waals surface area contributed by atoms with Crippen molar-refractivity contribution in [1.29, 1.82) is 0 Å². The van der Waals surface area contributed by atoms with Crippen LogP contribution in [0.15, 0.2) is 35.2 Å². The number of hydrogen-bond acceptors (Lipinski definition) is 4. The van der Waals surface area contributed by atoms with Crippen LogP contribution >= 0.6 is 0 Å². The molecule has 1 aromatic rings. The molecular formula is C19H26N2O5S. The van der Waals surface area contributed by atoms with E-state index in [2.05, 4.69) is 5.32 Å². The third-order valence-corrected chi connectivity index (χ3v) is 7.72. The second-order valence-electron chi connectivity index (χ2n) is 7.46. The summed E-state index contributed by atoms with van der Waals surface area (Å²) >= 11 is 0. The van der Waals surface area contributed by atoms with Crippen LogP contribution in [0.3, 0.4) is 0 Å². The Kier molecular flexibility index (Phi) is 5.86. The molecule has 0 aromatic heterocycles. The predicted molar refractivity (Wildman–Crippen MR) is 99.5 cm³/mol. The highest BCUT2D eigenvalue weighted by molar-refractivity contribution is 7.89. The number of piperidine rings is 1. The summed E-state index contributed by atoms with van der Waals surface area (Å²) in [6.45, 7) is 1.21. The van der Waals surface area contributed by atoms with E-state index in [0.29, 0.717) is 50.2 Å². The van der Waals surface area contributed by atoms with E-state index < -0.39 is 27.3 Å². The molecule has 1 saturated heterocycles. The molecule has 1 aliphatic heterocycles. The van der Waals surface area contributed by atoms with Gasteiger partial charge in [-0.15, -0.1) is 0 Å². The third-order valence-electron chi connectivity index (χ3n) is 5.81. The van der Waals surface area contributed by atoms with Gasteiger partial charge in [0, 0.05) is 19.6 Å². The van der Waals surface area contributed by atoms with E-state index in [-0.39, 0.29) is 5.92 Å². The van der Waals surface area contributed by atoms with Gasteiger partial charge in [0.1, 0.15) is 5.41 Å². The fourth-order valence-corrected chi connectivity index (χ4v) is 5.51. The first-order valence-electron chi connectivity index (χ1n) is 9.43. The summed E-state index contributed by atoms with van der Waals surface area (Å²) in [5, 5.41) is 12.3. The Labute approximate surface area is 159 Å². The number of carbonyl (C=O) groups is 2. The Hall–Kier alpha value is -1.93. The molecule has 0 spiro atoms. The lowest BCUT2D eigenvalue weighted by Crippen LogP contribution is -2.47. The molecule has 1 heterocycles. The standard InChI is InChI=1S/C19H26N2O5S/c22-17(19(18(23)24)10-4-5-11-19)20-14-15-8-12-21(13-9-15)27(25,26)16-6-2-1-3-7-16/h1-3,6-7,15H,4-5,8-14H2,(H,20,22)(H,23,24). The lowest BCUT2D eigenvalue weighted by molar-refractivity contribution is -0.155. The smallest absolute Gasteiger partial charge is 0.319 e. The number of carboxylic acid groups (broad SMARTS) is 1. The van der Waals surface area contributed by atoms with Gasteiger partial charge in [-0.3, -0.25) is 9.59 Å². The van der Waals surface area contributed by atoms with Gasteiger partial charge in [0.05, 0.1) is 4.90 Å². The quantitative estimate of drug-likeness (QED) is 0.717. The van der Waals surface area contributed by atoms with Gasteiger partial charge in [-0.25, -0.2) is 8.42 Å². The topological polar surface area (TPSA) is 104 Å². The number of nitrogens with zero attached hydrogens (tertiary/aromatic N) is 1. The first-order chi connectivity index (χ1) is 12.9. The van der Waals surface area contributed by atoms with E-state index >= 15 is 0 Å². The summed E-state index contributed by atoms with van der Waals surface area (Å²) in [5.41, 5.74) is -1.28. The van der Waals surface area contributed by atoms with Crippen LogP contribution in [-0.2, 0) is 19.6 Å². The number of amides is 1. The molecule has 2 aliphatic rings. The predicted octanol–water partition coefficient (Wildman–Crippen LogP) is 1.85. The molecule has 1 saturated carbocycles. The Bertz CT molecular complexity index is 780. The van der Waals surface area contributed by atoms with Gasteiger partial charge >= 0.3 is 5.97 Å². The first kappa shape index (κ1) is 19.8. The maximum atomic E-state index is 12.6. The number of aliphatic carboxylic acids is 1. The molecule has 1 aliphatic carbocycles. The van der Waals surface area contributed by atoms with Gasteiger partial charge in [0.15, 0.2) is 0 Å². The van der Waals surface area contributed by atoms with Crippen LogP contribution < -0.4 is 5.32 Å². The molecule has 0 unspecified atom stereocenters. The van der Waals surface area contributed by atoms with Crippen molar-refractivity contribution in [2.45, 2.75) is 43.4 Å². The Morgan fingerprint density at radius 3 is 2.26 bits per heavy atom. The molecule has 1 amide bonds. The van der Waals surface area contributed by atoms with Crippen LogP contribution in [0.25, 0.3) is 0 Å². The van der Waals surface area contributed by atoms with Crippen molar-refractivity contribution in [2.75, 3.05) is 19.6 Å². The lowest BCUT2D eigenvalue weighted by atomic mass is 9.85. The van der Waals surface area contributed by atoms with E-state index in [0.717, 1.165) is 12.8 Å². The van der Waals surface area contributed by atoms with Crippen molar-refractivity contribution in [1.82, 2.24) is 9.62 Å². The molecule has 0 radical (unpaired) electrons. The second-order valence-corrected chi connectivity index (χ2v) is 9.40. The van der Waals surface area contributed by atoms with Gasteiger partial charge in [-0.1, -0.05) is 31.0 Å². The van der Waals surface area contributed by atoms with E-state index in [1.807, 2.05) is 0 Å². The van der Waals surface area contributed by atoms with E-state index in [1.165, 1.54) is 4.31 Å². The highest BCUT2D eigenvalue weighted by Gasteiger charge is 2.48. The van der Waals surface area contributed by atoms with Crippen molar-refractivity contribution in [3.05, 3.63) is 30.3 Å². The summed E-state index contributed by atoms with van der Waals surface area (Å²) in [6, 6.07) is 8.37. The van der Waals surface area contributed by atoms with Crippen molar-refractivity contribution in [3.63, 3.8) is 0 Å². The summed E-state index contributed by atoms with van der Waals surface area (Å²) in [7, 11) is -3.48. The summed E-state index contributed by atoms with van der Waals surface area (Å²) in [5.74, 6) is -1.28. The zero-order chi connectivity index (χ0) is 19.5. The minimum atomic E-state index is -3.48. The van der Waals surface area contributed by atoms with Crippen LogP contribution in [0, 0.1) is 11.3 Å². The zero-order valence-corrected chi connectivity index (χ0v) is 16.1. The zero-order valence-electron chi connectivity index (χ0n) is 15.3. The lowest BCUT2D eigenvalue weighted by Gasteiger charge is -2.32. The summed E-state index contributed by atoms with van der Waals surface area (Å²) < 4.78 is 26.8. The normalized spacial score (nSPS) is 21.0. The molecule has 2 N–H and O–H groups in total. The van der Waals surface area contributed by atoms with Crippen LogP contribution in [-0.4, -0.2) is 49.3 Å². The van der Waals surface area contributed by atoms with E-state index in [1.54, 1.807) is 30.3 Å². The second kappa shape index (κ2) is 7.98. The Balaban J connectivity index is 1.53. The van der Waals surface area contributed by atoms with Crippen LogP contribution in [0.5, 0.6) is 0 Å². The molecule has 3 rings (SSSR count). The number of hydrogen-bond donors (Lipinski definition) is 2. The number of carbonyl (C=O) groups excluding carboxylic acids is 1. The molecule has 27 heavy (non-hydrogen) atoms. The van der Waals surface area contributed by atoms with Crippen molar-refractivity contribution < 1.29 is 23.1 Å². The van der Waals surface area contributed by atoms with Crippen LogP contribution in [0.4, 0.5) is 0 Å². The minimum absolute atomic E-state index is 0.156. The molecule has 0 bridgehead atoms. The maximum Gasteiger partial charge on any atom is 0.319 e. The number of sulfonamides is 1. The SMILES string of the molecule is O=C(O)C1(C(=O)NCC2CCN(S(=O)(=O)c3ccccc3)CC2)CCCC1. The van der Waals surface area contributed by atoms with E-state index in [4.69, 9.17) is 0 Å². The molecule has 1 aromatic carbocycles. The van der Waals surface area contributed by atoms with Gasteiger partial charge in [-0.05, 0) is 43.7 Å². The van der Waals surface area contributed by atoms with Crippen LogP contribution in [0.2, 0.25) is 0 Å². The third kappa shape index (κ3) is 4.01. The highest BCUT2D eigenvalue weighted by atomic mass is 32.2. The average Bonchev–Trinajstić information content (AvgIpc) is 3.18. The van der Waals surface area contributed by atoms with Crippen molar-refractivity contribution >= 4 is 21.9 Å². The Morgan fingerprint density at radius 1 is 1.11 bits per heavy atom. The summed E-state index contributed by atoms with van der Waals surface area (Å²) in [4.78, 5) is 24.3. The maximum absolute atomic E-state index is 12.6. The Morgan fingerprint density at radius 2 is 1.70 bits per heavy atom. The van der Waals surface area contributed by atoms with Crippen molar-refractivity contribution in [2.24, 2.45) is 11.3 Å². The molecule has 8 heteroatoms. The van der Waals surface area contributed by atoms with Crippen molar-refractivity contribution in [3.8, 4) is 0 Å². The number of carboxylic acids is 1. The molecule has 148 valence electrons. The van der Waals surface area contributed by atoms with Gasteiger partial charge in [-0.2, -0.15) is 4.31 Å². The number of rotatable bonds is 6. The highest BCUT2D eigenvalue weighted by Crippen LogP contribution is 2.38. The monoisotopic (exact) mass is 394 g/mol. The fourth-order valence-electron chi connectivity index (χ4n) is 4.02. The largest absolute Gasteiger partial charge is 0.480 e. The molecule has 2 fully saturated rings. The number of benzene rings is 1. The van der Waals surface area contributed by atoms with Gasteiger partial charge in [0.2, 0.25) is 15.9 Å². The minimum Gasteiger partial charge on any atom is -0.480 e. The molecular weight excluding hydrogens is 368 g/mol. The molecule has 7 nitrogen and oxygen atoms in total.